The van der Waals surface area contributed by atoms with Gasteiger partial charge in [-0.3, -0.25) is 4.79 Å². The first-order chi connectivity index (χ1) is 9.80. The predicted molar refractivity (Wildman–Crippen MR) is 70.8 cm³/mol. The van der Waals surface area contributed by atoms with Crippen molar-refractivity contribution in [2.24, 2.45) is 0 Å². The van der Waals surface area contributed by atoms with E-state index in [1.165, 1.54) is 24.3 Å². The number of alkyl halides is 4. The Bertz CT molecular complexity index is 649. The van der Waals surface area contributed by atoms with Gasteiger partial charge in [-0.05, 0) is 23.8 Å². The zero-order valence-corrected chi connectivity index (χ0v) is 11.3. The second-order valence-electron chi connectivity index (χ2n) is 4.32. The molecule has 0 saturated carbocycles. The van der Waals surface area contributed by atoms with Gasteiger partial charge in [0.2, 0.25) is 0 Å². The van der Waals surface area contributed by atoms with E-state index in [4.69, 9.17) is 11.6 Å². The van der Waals surface area contributed by atoms with Crippen molar-refractivity contribution in [3.8, 4) is 0 Å². The van der Waals surface area contributed by atoms with Crippen LogP contribution < -0.4 is 0 Å². The molecule has 0 radical (unpaired) electrons. The summed E-state index contributed by atoms with van der Waals surface area (Å²) in [6.07, 6.45) is -4.65. The molecule has 0 saturated heterocycles. The number of carbonyl (C=O) groups excluding carboxylic acids is 1. The topological polar surface area (TPSA) is 17.1 Å². The molecule has 1 nitrogen and oxygen atoms in total. The molecule has 2 aromatic carbocycles. The zero-order chi connectivity index (χ0) is 15.6. The highest BCUT2D eigenvalue weighted by atomic mass is 35.5. The van der Waals surface area contributed by atoms with E-state index in [2.05, 4.69) is 0 Å². The predicted octanol–water partition coefficient (Wildman–Crippen LogP) is 5.01. The summed E-state index contributed by atoms with van der Waals surface area (Å²) >= 11 is 5.93. The van der Waals surface area contributed by atoms with Crippen LogP contribution in [0.5, 0.6) is 0 Å². The molecule has 0 spiro atoms. The molecular formula is C15H9ClF4O. The third-order valence-corrected chi connectivity index (χ3v) is 3.34. The van der Waals surface area contributed by atoms with Crippen LogP contribution in [0.3, 0.4) is 0 Å². The highest BCUT2D eigenvalue weighted by Crippen LogP contribution is 2.35. The van der Waals surface area contributed by atoms with Gasteiger partial charge in [-0.25, -0.2) is 4.39 Å². The Kier molecular flexibility index (Phi) is 4.32. The molecule has 2 rings (SSSR count). The van der Waals surface area contributed by atoms with Crippen molar-refractivity contribution < 1.29 is 22.4 Å². The smallest absolute Gasteiger partial charge is 0.292 e. The molecule has 6 heteroatoms. The molecule has 110 valence electrons. The van der Waals surface area contributed by atoms with Crippen molar-refractivity contribution in [3.63, 3.8) is 0 Å². The van der Waals surface area contributed by atoms with E-state index in [1.807, 2.05) is 0 Å². The first kappa shape index (κ1) is 15.5. The number of carbonyl (C=O) groups is 1. The van der Waals surface area contributed by atoms with Crippen LogP contribution in [-0.4, -0.2) is 5.78 Å². The molecule has 0 bridgehead atoms. The van der Waals surface area contributed by atoms with Gasteiger partial charge in [0.25, 0.3) is 0 Å². The lowest BCUT2D eigenvalue weighted by molar-refractivity contribution is -0.137. The number of Topliss-reactive ketones (excluding diaryl/α,β-unsaturated/α-hetero) is 1. The molecule has 0 N–H and O–H groups in total. The van der Waals surface area contributed by atoms with E-state index in [-0.39, 0.29) is 5.56 Å². The fourth-order valence-electron chi connectivity index (χ4n) is 1.86. The maximum absolute atomic E-state index is 12.9. The van der Waals surface area contributed by atoms with Gasteiger partial charge in [0.15, 0.2) is 5.78 Å². The van der Waals surface area contributed by atoms with Crippen molar-refractivity contribution in [1.29, 1.82) is 0 Å². The summed E-state index contributed by atoms with van der Waals surface area (Å²) in [5.41, 5.74) is -1.31. The highest BCUT2D eigenvalue weighted by molar-refractivity contribution is 6.34. The number of ketones is 1. The van der Waals surface area contributed by atoms with Gasteiger partial charge in [-0.1, -0.05) is 30.3 Å². The molecule has 1 atom stereocenters. The van der Waals surface area contributed by atoms with Crippen molar-refractivity contribution in [3.05, 3.63) is 71.0 Å². The molecule has 0 fully saturated rings. The molecule has 0 aliphatic rings. The summed E-state index contributed by atoms with van der Waals surface area (Å²) in [5.74, 6) is -1.40. The lowest BCUT2D eigenvalue weighted by Crippen LogP contribution is -2.16. The Morgan fingerprint density at radius 3 is 2.14 bits per heavy atom. The minimum absolute atomic E-state index is 0.236. The van der Waals surface area contributed by atoms with Crippen molar-refractivity contribution >= 4 is 17.4 Å². The van der Waals surface area contributed by atoms with Crippen molar-refractivity contribution in [2.45, 2.75) is 11.6 Å². The van der Waals surface area contributed by atoms with E-state index in [9.17, 15) is 22.4 Å². The first-order valence-electron chi connectivity index (χ1n) is 5.90. The molecule has 0 heterocycles. The van der Waals surface area contributed by atoms with E-state index < -0.39 is 34.3 Å². The Labute approximate surface area is 123 Å². The lowest BCUT2D eigenvalue weighted by Gasteiger charge is -2.14. The highest BCUT2D eigenvalue weighted by Gasteiger charge is 2.36. The van der Waals surface area contributed by atoms with Crippen LogP contribution in [0.25, 0.3) is 0 Å². The molecule has 0 aromatic heterocycles. The molecule has 0 aliphatic carbocycles. The quantitative estimate of drug-likeness (QED) is 0.442. The number of halogens is 5. The van der Waals surface area contributed by atoms with Crippen LogP contribution in [0.2, 0.25) is 0 Å². The summed E-state index contributed by atoms with van der Waals surface area (Å²) in [4.78, 5) is 12.2. The number of rotatable bonds is 3. The lowest BCUT2D eigenvalue weighted by atomic mass is 9.98. The van der Waals surface area contributed by atoms with E-state index >= 15 is 0 Å². The third kappa shape index (κ3) is 3.42. The van der Waals surface area contributed by atoms with Crippen LogP contribution in [0.1, 0.15) is 26.9 Å². The molecule has 1 unspecified atom stereocenters. The van der Waals surface area contributed by atoms with E-state index in [0.717, 1.165) is 24.3 Å². The maximum atomic E-state index is 12.9. The van der Waals surface area contributed by atoms with Gasteiger partial charge >= 0.3 is 6.18 Å². The minimum atomic E-state index is -4.65. The van der Waals surface area contributed by atoms with Crippen LogP contribution in [0.4, 0.5) is 17.6 Å². The summed E-state index contributed by atoms with van der Waals surface area (Å²) < 4.78 is 51.5. The Morgan fingerprint density at radius 1 is 1.00 bits per heavy atom. The standard InChI is InChI=1S/C15H9ClF4O/c16-13(9-5-7-10(17)8-6-9)14(21)11-3-1-2-4-12(11)15(18,19)20/h1-8,13H. The van der Waals surface area contributed by atoms with Crippen molar-refractivity contribution in [2.75, 3.05) is 0 Å². The number of benzene rings is 2. The largest absolute Gasteiger partial charge is 0.417 e. The fraction of sp³-hybridized carbons (Fsp3) is 0.133. The van der Waals surface area contributed by atoms with Crippen molar-refractivity contribution in [1.82, 2.24) is 0 Å². The van der Waals surface area contributed by atoms with Gasteiger partial charge in [-0.2, -0.15) is 13.2 Å². The molecule has 21 heavy (non-hydrogen) atoms. The van der Waals surface area contributed by atoms with Crippen LogP contribution in [-0.2, 0) is 6.18 Å². The van der Waals surface area contributed by atoms with E-state index in [0.29, 0.717) is 0 Å². The van der Waals surface area contributed by atoms with Gasteiger partial charge in [0.05, 0.1) is 5.56 Å². The molecule has 0 amide bonds. The molecule has 2 aromatic rings. The van der Waals surface area contributed by atoms with Crippen LogP contribution >= 0.6 is 11.6 Å². The van der Waals surface area contributed by atoms with Crippen LogP contribution in [0.15, 0.2) is 48.5 Å². The normalized spacial score (nSPS) is 13.0. The summed E-state index contributed by atoms with van der Waals surface area (Å²) in [5, 5.41) is -1.31. The van der Waals surface area contributed by atoms with Gasteiger partial charge in [-0.15, -0.1) is 11.6 Å². The van der Waals surface area contributed by atoms with Crippen LogP contribution in [0, 0.1) is 5.82 Å². The second-order valence-corrected chi connectivity index (χ2v) is 4.76. The molecular weight excluding hydrogens is 308 g/mol. The minimum Gasteiger partial charge on any atom is -0.292 e. The summed E-state index contributed by atoms with van der Waals surface area (Å²) in [6, 6.07) is 9.13. The van der Waals surface area contributed by atoms with Gasteiger partial charge in [0.1, 0.15) is 11.2 Å². The average Bonchev–Trinajstić information content (AvgIpc) is 2.45. The third-order valence-electron chi connectivity index (χ3n) is 2.89. The fourth-order valence-corrected chi connectivity index (χ4v) is 2.13. The SMILES string of the molecule is O=C(c1ccccc1C(F)(F)F)C(Cl)c1ccc(F)cc1. The Morgan fingerprint density at radius 2 is 1.57 bits per heavy atom. The maximum Gasteiger partial charge on any atom is 0.417 e. The van der Waals surface area contributed by atoms with Gasteiger partial charge in [0, 0.05) is 5.56 Å². The Hall–Kier alpha value is -1.88. The second kappa shape index (κ2) is 5.85. The monoisotopic (exact) mass is 316 g/mol. The summed E-state index contributed by atoms with van der Waals surface area (Å²) in [6.45, 7) is 0. The average molecular weight is 317 g/mol. The number of hydrogen-bond donors (Lipinski definition) is 0. The van der Waals surface area contributed by atoms with E-state index in [1.54, 1.807) is 0 Å². The first-order valence-corrected chi connectivity index (χ1v) is 6.34. The summed E-state index contributed by atoms with van der Waals surface area (Å²) in [7, 11) is 0. The number of hydrogen-bond acceptors (Lipinski definition) is 1. The Balaban J connectivity index is 2.38. The zero-order valence-electron chi connectivity index (χ0n) is 10.5. The van der Waals surface area contributed by atoms with Gasteiger partial charge < -0.3 is 0 Å². The molecule has 0 aliphatic heterocycles.